The summed E-state index contributed by atoms with van der Waals surface area (Å²) in [6, 6.07) is 7.36. The van der Waals surface area contributed by atoms with Crippen molar-refractivity contribution in [2.24, 2.45) is 5.92 Å². The average Bonchev–Trinajstić information content (AvgIpc) is 2.99. The number of H-pyrrole nitrogens is 1. The standard InChI is InChI=1S/C18H20N6O2/c1-12-6-15(20-11-19-12)7-13-9-24(4-5-26-10-13)18(25)14-2-3-16-17(8-14)22-23-21-16/h2-3,6,8,11,13H,4-5,7,9-10H2,1H3,(H,21,22,23). The number of hydrogen-bond donors (Lipinski definition) is 1. The quantitative estimate of drug-likeness (QED) is 0.765. The molecule has 1 fully saturated rings. The van der Waals surface area contributed by atoms with Crippen molar-refractivity contribution >= 4 is 16.9 Å². The number of amides is 1. The lowest BCUT2D eigenvalue weighted by molar-refractivity contribution is 0.0737. The van der Waals surface area contributed by atoms with Gasteiger partial charge in [0.05, 0.1) is 13.2 Å². The molecule has 4 rings (SSSR count). The minimum absolute atomic E-state index is 0.00994. The monoisotopic (exact) mass is 352 g/mol. The molecule has 0 aliphatic carbocycles. The molecule has 26 heavy (non-hydrogen) atoms. The van der Waals surface area contributed by atoms with Crippen LogP contribution >= 0.6 is 0 Å². The van der Waals surface area contributed by atoms with E-state index in [0.717, 1.165) is 23.3 Å². The zero-order valence-electron chi connectivity index (χ0n) is 14.6. The second-order valence-corrected chi connectivity index (χ2v) is 6.57. The number of ether oxygens (including phenoxy) is 1. The maximum Gasteiger partial charge on any atom is 0.254 e. The van der Waals surface area contributed by atoms with Gasteiger partial charge in [0.25, 0.3) is 5.91 Å². The fourth-order valence-corrected chi connectivity index (χ4v) is 3.26. The van der Waals surface area contributed by atoms with Crippen LogP contribution in [0.1, 0.15) is 21.7 Å². The van der Waals surface area contributed by atoms with Crippen LogP contribution in [0.4, 0.5) is 0 Å². The van der Waals surface area contributed by atoms with E-state index in [-0.39, 0.29) is 11.8 Å². The van der Waals surface area contributed by atoms with Crippen LogP contribution in [0.15, 0.2) is 30.6 Å². The van der Waals surface area contributed by atoms with E-state index in [4.69, 9.17) is 4.74 Å². The van der Waals surface area contributed by atoms with Gasteiger partial charge in [0.15, 0.2) is 0 Å². The van der Waals surface area contributed by atoms with Gasteiger partial charge in [-0.15, -0.1) is 0 Å². The number of nitrogens with zero attached hydrogens (tertiary/aromatic N) is 5. The van der Waals surface area contributed by atoms with E-state index in [0.29, 0.717) is 37.4 Å². The Kier molecular flexibility index (Phi) is 4.57. The van der Waals surface area contributed by atoms with Crippen LogP contribution in [-0.4, -0.2) is 62.5 Å². The van der Waals surface area contributed by atoms with Crippen LogP contribution in [0, 0.1) is 12.8 Å². The number of nitrogens with one attached hydrogen (secondary N) is 1. The summed E-state index contributed by atoms with van der Waals surface area (Å²) in [4.78, 5) is 23.3. The molecule has 1 aliphatic rings. The summed E-state index contributed by atoms with van der Waals surface area (Å²) in [5.74, 6) is 0.191. The molecule has 134 valence electrons. The molecule has 8 heteroatoms. The van der Waals surface area contributed by atoms with E-state index < -0.39 is 0 Å². The first-order valence-corrected chi connectivity index (χ1v) is 8.64. The Bertz CT molecular complexity index is 925. The molecule has 1 N–H and O–H groups in total. The molecule has 0 spiro atoms. The van der Waals surface area contributed by atoms with Crippen molar-refractivity contribution in [1.29, 1.82) is 0 Å². The lowest BCUT2D eigenvalue weighted by Crippen LogP contribution is -2.36. The van der Waals surface area contributed by atoms with Crippen LogP contribution in [0.3, 0.4) is 0 Å². The summed E-state index contributed by atoms with van der Waals surface area (Å²) < 4.78 is 5.72. The Balaban J connectivity index is 1.50. The zero-order valence-corrected chi connectivity index (χ0v) is 14.6. The van der Waals surface area contributed by atoms with E-state index in [1.165, 1.54) is 0 Å². The van der Waals surface area contributed by atoms with Gasteiger partial charge in [-0.3, -0.25) is 4.79 Å². The number of carbonyl (C=O) groups excluding carboxylic acids is 1. The largest absolute Gasteiger partial charge is 0.379 e. The number of aromatic amines is 1. The first kappa shape index (κ1) is 16.6. The highest BCUT2D eigenvalue weighted by Crippen LogP contribution is 2.17. The van der Waals surface area contributed by atoms with E-state index in [2.05, 4.69) is 25.4 Å². The molecule has 0 saturated carbocycles. The number of aromatic nitrogens is 5. The Morgan fingerprint density at radius 2 is 2.15 bits per heavy atom. The lowest BCUT2D eigenvalue weighted by atomic mass is 10.0. The second-order valence-electron chi connectivity index (χ2n) is 6.57. The Labute approximate surface area is 150 Å². The molecule has 1 aliphatic heterocycles. The van der Waals surface area contributed by atoms with Crippen LogP contribution in [0.25, 0.3) is 11.0 Å². The predicted molar refractivity (Wildman–Crippen MR) is 94.6 cm³/mol. The van der Waals surface area contributed by atoms with Crippen LogP contribution in [0.2, 0.25) is 0 Å². The molecular weight excluding hydrogens is 332 g/mol. The summed E-state index contributed by atoms with van der Waals surface area (Å²) in [6.45, 7) is 4.32. The molecule has 1 amide bonds. The highest BCUT2D eigenvalue weighted by Gasteiger charge is 2.24. The van der Waals surface area contributed by atoms with Crippen molar-refractivity contribution in [2.75, 3.05) is 26.3 Å². The molecule has 1 saturated heterocycles. The van der Waals surface area contributed by atoms with Gasteiger partial charge in [0.1, 0.15) is 17.4 Å². The number of benzene rings is 1. The summed E-state index contributed by atoms with van der Waals surface area (Å²) in [6.07, 6.45) is 2.34. The SMILES string of the molecule is Cc1cc(CC2COCCN(C(=O)c3ccc4n[nH]nc4c3)C2)ncn1. The third-order valence-electron chi connectivity index (χ3n) is 4.55. The maximum atomic E-state index is 13.0. The van der Waals surface area contributed by atoms with Crippen LogP contribution < -0.4 is 0 Å². The fourth-order valence-electron chi connectivity index (χ4n) is 3.26. The molecule has 1 unspecified atom stereocenters. The Morgan fingerprint density at radius 1 is 1.27 bits per heavy atom. The minimum Gasteiger partial charge on any atom is -0.379 e. The van der Waals surface area contributed by atoms with Gasteiger partial charge in [0.2, 0.25) is 0 Å². The van der Waals surface area contributed by atoms with E-state index in [1.807, 2.05) is 24.0 Å². The fraction of sp³-hybridized carbons (Fsp3) is 0.389. The molecular formula is C18H20N6O2. The number of aryl methyl sites for hydroxylation is 1. The number of hydrogen-bond acceptors (Lipinski definition) is 6. The third-order valence-corrected chi connectivity index (χ3v) is 4.55. The smallest absolute Gasteiger partial charge is 0.254 e. The summed E-state index contributed by atoms with van der Waals surface area (Å²) in [7, 11) is 0. The van der Waals surface area contributed by atoms with Gasteiger partial charge in [-0.2, -0.15) is 15.4 Å². The van der Waals surface area contributed by atoms with Gasteiger partial charge < -0.3 is 9.64 Å². The van der Waals surface area contributed by atoms with Crippen LogP contribution in [-0.2, 0) is 11.2 Å². The summed E-state index contributed by atoms with van der Waals surface area (Å²) >= 11 is 0. The van der Waals surface area contributed by atoms with Gasteiger partial charge in [-0.25, -0.2) is 9.97 Å². The highest BCUT2D eigenvalue weighted by atomic mass is 16.5. The Morgan fingerprint density at radius 3 is 3.04 bits per heavy atom. The summed E-state index contributed by atoms with van der Waals surface area (Å²) in [5, 5.41) is 10.7. The van der Waals surface area contributed by atoms with Gasteiger partial charge in [-0.05, 0) is 37.6 Å². The normalized spacial score (nSPS) is 18.0. The van der Waals surface area contributed by atoms with Crippen molar-refractivity contribution in [2.45, 2.75) is 13.3 Å². The average molecular weight is 352 g/mol. The molecule has 2 aromatic heterocycles. The molecule has 3 aromatic rings. The first-order valence-electron chi connectivity index (χ1n) is 8.64. The zero-order chi connectivity index (χ0) is 17.9. The van der Waals surface area contributed by atoms with Gasteiger partial charge in [-0.1, -0.05) is 0 Å². The third kappa shape index (κ3) is 3.55. The number of rotatable bonds is 3. The van der Waals surface area contributed by atoms with Crippen LogP contribution in [0.5, 0.6) is 0 Å². The van der Waals surface area contributed by atoms with Crippen molar-refractivity contribution in [1.82, 2.24) is 30.3 Å². The maximum absolute atomic E-state index is 13.0. The van der Waals surface area contributed by atoms with Gasteiger partial charge >= 0.3 is 0 Å². The second kappa shape index (κ2) is 7.17. The molecule has 8 nitrogen and oxygen atoms in total. The van der Waals surface area contributed by atoms with E-state index in [9.17, 15) is 4.79 Å². The van der Waals surface area contributed by atoms with Gasteiger partial charge in [0, 0.05) is 36.0 Å². The summed E-state index contributed by atoms with van der Waals surface area (Å²) in [5.41, 5.74) is 3.97. The number of carbonyl (C=O) groups is 1. The molecule has 1 aromatic carbocycles. The van der Waals surface area contributed by atoms with E-state index >= 15 is 0 Å². The van der Waals surface area contributed by atoms with Crippen molar-refractivity contribution in [3.05, 3.63) is 47.5 Å². The minimum atomic E-state index is -0.00994. The topological polar surface area (TPSA) is 96.9 Å². The Hall–Kier alpha value is -2.87. The van der Waals surface area contributed by atoms with Crippen molar-refractivity contribution < 1.29 is 9.53 Å². The van der Waals surface area contributed by atoms with Crippen molar-refractivity contribution in [3.8, 4) is 0 Å². The predicted octanol–water partition coefficient (Wildman–Crippen LogP) is 1.39. The molecule has 1 atom stereocenters. The van der Waals surface area contributed by atoms with E-state index in [1.54, 1.807) is 18.5 Å². The first-order chi connectivity index (χ1) is 12.7. The highest BCUT2D eigenvalue weighted by molar-refractivity contribution is 5.97. The van der Waals surface area contributed by atoms with Crippen molar-refractivity contribution in [3.63, 3.8) is 0 Å². The number of fused-ring (bicyclic) bond motifs is 1. The molecule has 0 bridgehead atoms. The molecule has 3 heterocycles. The lowest BCUT2D eigenvalue weighted by Gasteiger charge is -2.23. The molecule has 0 radical (unpaired) electrons.